The Morgan fingerprint density at radius 1 is 1.30 bits per heavy atom. The van der Waals surface area contributed by atoms with Crippen LogP contribution in [0.1, 0.15) is 19.3 Å². The molecule has 20 heavy (non-hydrogen) atoms. The molecule has 1 saturated carbocycles. The summed E-state index contributed by atoms with van der Waals surface area (Å²) in [6.07, 6.45) is 2.28. The fourth-order valence-electron chi connectivity index (χ4n) is 2.70. The number of aromatic nitrogens is 2. The zero-order valence-electron chi connectivity index (χ0n) is 11.3. The third-order valence-electron chi connectivity index (χ3n) is 3.75. The van der Waals surface area contributed by atoms with Crippen molar-refractivity contribution in [1.29, 1.82) is 0 Å². The summed E-state index contributed by atoms with van der Waals surface area (Å²) < 4.78 is 5.34. The number of hydrogen-bond donors (Lipinski definition) is 2. The van der Waals surface area contributed by atoms with Gasteiger partial charge in [-0.3, -0.25) is 0 Å². The number of morpholine rings is 1. The van der Waals surface area contributed by atoms with Crippen LogP contribution in [0.3, 0.4) is 0 Å². The van der Waals surface area contributed by atoms with E-state index in [1.54, 1.807) is 6.07 Å². The number of nitrogens with one attached hydrogen (secondary N) is 1. The SMILES string of the molecule is O[C@H]1CC[C@@H](Nc2nc(Cl)cc(N3CCOCC3)n2)C1. The number of halogens is 1. The summed E-state index contributed by atoms with van der Waals surface area (Å²) in [7, 11) is 0. The molecule has 2 heterocycles. The van der Waals surface area contributed by atoms with E-state index in [2.05, 4.69) is 20.2 Å². The van der Waals surface area contributed by atoms with E-state index in [9.17, 15) is 5.11 Å². The van der Waals surface area contributed by atoms with Crippen molar-refractivity contribution in [3.05, 3.63) is 11.2 Å². The Hall–Kier alpha value is -1.11. The number of hydrogen-bond acceptors (Lipinski definition) is 6. The number of rotatable bonds is 3. The Morgan fingerprint density at radius 3 is 2.80 bits per heavy atom. The third kappa shape index (κ3) is 3.31. The van der Waals surface area contributed by atoms with E-state index < -0.39 is 0 Å². The van der Waals surface area contributed by atoms with E-state index in [4.69, 9.17) is 16.3 Å². The normalized spacial score (nSPS) is 26.8. The van der Waals surface area contributed by atoms with Crippen LogP contribution in [0.5, 0.6) is 0 Å². The Morgan fingerprint density at radius 2 is 2.10 bits per heavy atom. The molecule has 2 fully saturated rings. The van der Waals surface area contributed by atoms with Crippen LogP contribution in [0.15, 0.2) is 6.07 Å². The highest BCUT2D eigenvalue weighted by Crippen LogP contribution is 2.24. The molecule has 2 N–H and O–H groups in total. The Kier molecular flexibility index (Phi) is 4.24. The smallest absolute Gasteiger partial charge is 0.226 e. The molecule has 1 aliphatic carbocycles. The highest BCUT2D eigenvalue weighted by Gasteiger charge is 2.24. The van der Waals surface area contributed by atoms with Gasteiger partial charge in [0.15, 0.2) is 0 Å². The summed E-state index contributed by atoms with van der Waals surface area (Å²) in [5.74, 6) is 1.37. The lowest BCUT2D eigenvalue weighted by Gasteiger charge is -2.28. The van der Waals surface area contributed by atoms with Gasteiger partial charge in [-0.2, -0.15) is 4.98 Å². The number of aliphatic hydroxyl groups excluding tert-OH is 1. The van der Waals surface area contributed by atoms with Crippen molar-refractivity contribution in [2.24, 2.45) is 0 Å². The minimum atomic E-state index is -0.217. The van der Waals surface area contributed by atoms with E-state index in [1.807, 2.05) is 0 Å². The van der Waals surface area contributed by atoms with E-state index in [0.29, 0.717) is 24.3 Å². The molecule has 0 bridgehead atoms. The van der Waals surface area contributed by atoms with Gasteiger partial charge < -0.3 is 20.1 Å². The first-order valence-corrected chi connectivity index (χ1v) is 7.40. The molecular weight excluding hydrogens is 280 g/mol. The molecule has 2 atom stereocenters. The van der Waals surface area contributed by atoms with Crippen molar-refractivity contribution in [2.75, 3.05) is 36.5 Å². The Bertz CT molecular complexity index is 468. The van der Waals surface area contributed by atoms with Crippen LogP contribution in [0.25, 0.3) is 0 Å². The van der Waals surface area contributed by atoms with Gasteiger partial charge in [-0.1, -0.05) is 11.6 Å². The zero-order chi connectivity index (χ0) is 13.9. The summed E-state index contributed by atoms with van der Waals surface area (Å²) in [4.78, 5) is 10.9. The number of anilines is 2. The molecular formula is C13H19ClN4O2. The van der Waals surface area contributed by atoms with E-state index in [-0.39, 0.29) is 12.1 Å². The quantitative estimate of drug-likeness (QED) is 0.820. The fourth-order valence-corrected chi connectivity index (χ4v) is 2.87. The van der Waals surface area contributed by atoms with Crippen LogP contribution >= 0.6 is 11.6 Å². The highest BCUT2D eigenvalue weighted by atomic mass is 35.5. The molecule has 0 amide bonds. The summed E-state index contributed by atoms with van der Waals surface area (Å²) in [6, 6.07) is 2.00. The number of aliphatic hydroxyl groups is 1. The zero-order valence-corrected chi connectivity index (χ0v) is 12.0. The monoisotopic (exact) mass is 298 g/mol. The van der Waals surface area contributed by atoms with Gasteiger partial charge in [0, 0.05) is 25.2 Å². The minimum absolute atomic E-state index is 0.217. The van der Waals surface area contributed by atoms with Gasteiger partial charge in [0.05, 0.1) is 19.3 Å². The molecule has 3 rings (SSSR count). The van der Waals surface area contributed by atoms with Crippen molar-refractivity contribution in [3.8, 4) is 0 Å². The maximum Gasteiger partial charge on any atom is 0.226 e. The first-order valence-electron chi connectivity index (χ1n) is 7.02. The number of nitrogens with zero attached hydrogens (tertiary/aromatic N) is 3. The van der Waals surface area contributed by atoms with Gasteiger partial charge in [-0.15, -0.1) is 0 Å². The average Bonchev–Trinajstić information content (AvgIpc) is 2.84. The predicted octanol–water partition coefficient (Wildman–Crippen LogP) is 1.29. The van der Waals surface area contributed by atoms with Gasteiger partial charge in [0.25, 0.3) is 0 Å². The largest absolute Gasteiger partial charge is 0.393 e. The molecule has 110 valence electrons. The van der Waals surface area contributed by atoms with Crippen molar-refractivity contribution in [2.45, 2.75) is 31.4 Å². The van der Waals surface area contributed by atoms with Gasteiger partial charge >= 0.3 is 0 Å². The van der Waals surface area contributed by atoms with Crippen molar-refractivity contribution in [3.63, 3.8) is 0 Å². The maximum absolute atomic E-state index is 9.56. The average molecular weight is 299 g/mol. The molecule has 1 aromatic rings. The molecule has 0 radical (unpaired) electrons. The molecule has 6 nitrogen and oxygen atoms in total. The van der Waals surface area contributed by atoms with E-state index >= 15 is 0 Å². The molecule has 1 aliphatic heterocycles. The van der Waals surface area contributed by atoms with Gasteiger partial charge in [-0.05, 0) is 19.3 Å². The van der Waals surface area contributed by atoms with Crippen LogP contribution in [0, 0.1) is 0 Å². The van der Waals surface area contributed by atoms with Gasteiger partial charge in [-0.25, -0.2) is 4.98 Å². The first-order chi connectivity index (χ1) is 9.70. The van der Waals surface area contributed by atoms with Crippen LogP contribution in [-0.2, 0) is 4.74 Å². The maximum atomic E-state index is 9.56. The first kappa shape index (κ1) is 13.9. The molecule has 7 heteroatoms. The summed E-state index contributed by atoms with van der Waals surface area (Å²) >= 11 is 6.08. The van der Waals surface area contributed by atoms with Crippen molar-refractivity contribution >= 4 is 23.4 Å². The minimum Gasteiger partial charge on any atom is -0.393 e. The summed E-state index contributed by atoms with van der Waals surface area (Å²) in [5.41, 5.74) is 0. The molecule has 0 unspecified atom stereocenters. The van der Waals surface area contributed by atoms with Crippen LogP contribution in [-0.4, -0.2) is 53.5 Å². The van der Waals surface area contributed by atoms with Gasteiger partial charge in [0.2, 0.25) is 5.95 Å². The lowest BCUT2D eigenvalue weighted by molar-refractivity contribution is 0.122. The second-order valence-corrected chi connectivity index (χ2v) is 5.67. The summed E-state index contributed by atoms with van der Waals surface area (Å²) in [6.45, 7) is 3.04. The van der Waals surface area contributed by atoms with E-state index in [1.165, 1.54) is 0 Å². The van der Waals surface area contributed by atoms with Crippen LogP contribution in [0.4, 0.5) is 11.8 Å². The fraction of sp³-hybridized carbons (Fsp3) is 0.692. The number of ether oxygens (including phenoxy) is 1. The standard InChI is InChI=1S/C13H19ClN4O2/c14-11-8-12(18-3-5-20-6-4-18)17-13(16-11)15-9-1-2-10(19)7-9/h8-10,19H,1-7H2,(H,15,16,17)/t9-,10+/m1/s1. The van der Waals surface area contributed by atoms with Gasteiger partial charge in [0.1, 0.15) is 11.0 Å². The topological polar surface area (TPSA) is 70.5 Å². The molecule has 1 saturated heterocycles. The molecule has 1 aromatic heterocycles. The Balaban J connectivity index is 1.72. The van der Waals surface area contributed by atoms with Crippen LogP contribution < -0.4 is 10.2 Å². The second kappa shape index (κ2) is 6.11. The van der Waals surface area contributed by atoms with E-state index in [0.717, 1.165) is 38.2 Å². The lowest BCUT2D eigenvalue weighted by Crippen LogP contribution is -2.37. The second-order valence-electron chi connectivity index (χ2n) is 5.28. The molecule has 0 aromatic carbocycles. The predicted molar refractivity (Wildman–Crippen MR) is 77.3 cm³/mol. The van der Waals surface area contributed by atoms with Crippen molar-refractivity contribution in [1.82, 2.24) is 9.97 Å². The summed E-state index contributed by atoms with van der Waals surface area (Å²) in [5, 5.41) is 13.3. The lowest BCUT2D eigenvalue weighted by atomic mass is 10.2. The Labute approximate surface area is 123 Å². The third-order valence-corrected chi connectivity index (χ3v) is 3.95. The molecule has 0 spiro atoms. The molecule has 2 aliphatic rings. The van der Waals surface area contributed by atoms with Crippen molar-refractivity contribution < 1.29 is 9.84 Å². The highest BCUT2D eigenvalue weighted by molar-refractivity contribution is 6.29. The van der Waals surface area contributed by atoms with Crippen LogP contribution in [0.2, 0.25) is 5.15 Å².